The number of anilines is 2. The maximum Gasteiger partial charge on any atom is 0.264 e. The number of nitrogens with zero attached hydrogens (tertiary/aromatic N) is 2. The number of hydrogen-bond acceptors (Lipinski definition) is 5. The Morgan fingerprint density at radius 1 is 1.27 bits per heavy atom. The lowest BCUT2D eigenvalue weighted by Gasteiger charge is -2.32. The normalized spacial score (nSPS) is 16.2. The van der Waals surface area contributed by atoms with Crippen LogP contribution in [0.1, 0.15) is 29.3 Å². The van der Waals surface area contributed by atoms with Gasteiger partial charge >= 0.3 is 0 Å². The monoisotopic (exact) mass is 458 g/mol. The van der Waals surface area contributed by atoms with Gasteiger partial charge in [-0.2, -0.15) is 0 Å². The van der Waals surface area contributed by atoms with Gasteiger partial charge in [-0.3, -0.25) is 9.59 Å². The van der Waals surface area contributed by atoms with Crippen molar-refractivity contribution in [1.29, 1.82) is 0 Å². The smallest absolute Gasteiger partial charge is 0.264 e. The van der Waals surface area contributed by atoms with Crippen LogP contribution >= 0.6 is 0 Å². The standard InChI is InChI=1S/C23H21F3N4O3/c1-13-12-30(7-8-33-13)20-4-2-3-19(29-20)16-9-14(5-6-18(16)24)28-23(32)17-11-27-21(31)10-15(17)22(25)26/h2-6,9-11,13,22H,7-8,12H2,1H3,(H,27,31)(H,28,32)/t13-/m0/s1. The highest BCUT2D eigenvalue weighted by molar-refractivity contribution is 6.05. The van der Waals surface area contributed by atoms with Crippen LogP contribution in [0.3, 0.4) is 0 Å². The van der Waals surface area contributed by atoms with Crippen LogP contribution in [-0.2, 0) is 4.74 Å². The lowest BCUT2D eigenvalue weighted by atomic mass is 10.1. The van der Waals surface area contributed by atoms with Crippen molar-refractivity contribution in [1.82, 2.24) is 9.97 Å². The lowest BCUT2D eigenvalue weighted by Crippen LogP contribution is -2.41. The van der Waals surface area contributed by atoms with Crippen molar-refractivity contribution in [3.63, 3.8) is 0 Å². The third-order valence-corrected chi connectivity index (χ3v) is 5.24. The van der Waals surface area contributed by atoms with E-state index in [1.54, 1.807) is 12.1 Å². The molecule has 1 aliphatic rings. The molecule has 0 unspecified atom stereocenters. The molecule has 1 fully saturated rings. The SMILES string of the molecule is C[C@H]1CN(c2cccc(-c3cc(NC(=O)c4c[nH]c(=O)cc4C(F)F)ccc3F)n2)CCO1. The van der Waals surface area contributed by atoms with Crippen LogP contribution in [0, 0.1) is 5.82 Å². The molecular weight excluding hydrogens is 437 g/mol. The van der Waals surface area contributed by atoms with E-state index >= 15 is 0 Å². The molecule has 1 amide bonds. The van der Waals surface area contributed by atoms with E-state index in [2.05, 4.69) is 15.3 Å². The summed E-state index contributed by atoms with van der Waals surface area (Å²) in [6.07, 6.45) is -2.03. The summed E-state index contributed by atoms with van der Waals surface area (Å²) in [6.45, 7) is 3.84. The lowest BCUT2D eigenvalue weighted by molar-refractivity contribution is 0.0529. The molecule has 0 saturated carbocycles. The Hall–Kier alpha value is -3.66. The number of nitrogens with one attached hydrogen (secondary N) is 2. The summed E-state index contributed by atoms with van der Waals surface area (Å²) in [5.74, 6) is -0.736. The largest absolute Gasteiger partial charge is 0.375 e. The van der Waals surface area contributed by atoms with E-state index in [1.165, 1.54) is 12.1 Å². The number of rotatable bonds is 5. The van der Waals surface area contributed by atoms with Crippen LogP contribution < -0.4 is 15.8 Å². The fraction of sp³-hybridized carbons (Fsp3) is 0.261. The molecule has 172 valence electrons. The number of hydrogen-bond donors (Lipinski definition) is 2. The fourth-order valence-electron chi connectivity index (χ4n) is 3.64. The van der Waals surface area contributed by atoms with Crippen molar-refractivity contribution in [3.05, 3.63) is 76.0 Å². The molecule has 1 aromatic carbocycles. The number of carbonyl (C=O) groups excluding carboxylic acids is 1. The van der Waals surface area contributed by atoms with Gasteiger partial charge in [0.2, 0.25) is 5.56 Å². The van der Waals surface area contributed by atoms with E-state index in [-0.39, 0.29) is 22.9 Å². The van der Waals surface area contributed by atoms with Crippen LogP contribution in [0.2, 0.25) is 0 Å². The number of aromatic amines is 1. The molecule has 0 bridgehead atoms. The second kappa shape index (κ2) is 9.45. The van der Waals surface area contributed by atoms with Gasteiger partial charge < -0.3 is 19.9 Å². The summed E-state index contributed by atoms with van der Waals surface area (Å²) in [7, 11) is 0. The van der Waals surface area contributed by atoms with Crippen molar-refractivity contribution in [2.24, 2.45) is 0 Å². The zero-order valence-corrected chi connectivity index (χ0v) is 17.6. The molecule has 10 heteroatoms. The van der Waals surface area contributed by atoms with Crippen LogP contribution in [0.25, 0.3) is 11.3 Å². The molecule has 3 aromatic rings. The van der Waals surface area contributed by atoms with Crippen LogP contribution in [0.5, 0.6) is 0 Å². The number of amides is 1. The maximum atomic E-state index is 14.6. The van der Waals surface area contributed by atoms with Crippen LogP contribution in [-0.4, -0.2) is 41.7 Å². The molecule has 3 heterocycles. The van der Waals surface area contributed by atoms with Gasteiger partial charge in [0.1, 0.15) is 11.6 Å². The minimum absolute atomic E-state index is 0.0468. The molecule has 2 aromatic heterocycles. The number of morpholine rings is 1. The third kappa shape index (κ3) is 5.06. The minimum Gasteiger partial charge on any atom is -0.375 e. The quantitative estimate of drug-likeness (QED) is 0.604. The number of alkyl halides is 2. The maximum absolute atomic E-state index is 14.6. The average Bonchev–Trinajstić information content (AvgIpc) is 2.80. The van der Waals surface area contributed by atoms with Crippen LogP contribution in [0.4, 0.5) is 24.7 Å². The van der Waals surface area contributed by atoms with Gasteiger partial charge in [-0.1, -0.05) is 6.07 Å². The summed E-state index contributed by atoms with van der Waals surface area (Å²) >= 11 is 0. The van der Waals surface area contributed by atoms with E-state index in [0.29, 0.717) is 37.3 Å². The molecule has 2 N–H and O–H groups in total. The first-order chi connectivity index (χ1) is 15.8. The number of pyridine rings is 2. The molecule has 4 rings (SSSR count). The summed E-state index contributed by atoms with van der Waals surface area (Å²) in [5, 5.41) is 2.48. The first-order valence-electron chi connectivity index (χ1n) is 10.3. The highest BCUT2D eigenvalue weighted by atomic mass is 19.3. The second-order valence-corrected chi connectivity index (χ2v) is 7.62. The number of H-pyrrole nitrogens is 1. The number of aromatic nitrogens is 2. The Bertz CT molecular complexity index is 1230. The Labute approximate surface area is 187 Å². The zero-order valence-electron chi connectivity index (χ0n) is 17.6. The van der Waals surface area contributed by atoms with E-state index < -0.39 is 29.3 Å². The summed E-state index contributed by atoms with van der Waals surface area (Å²) in [6, 6.07) is 9.78. The van der Waals surface area contributed by atoms with Gasteiger partial charge in [0.25, 0.3) is 12.3 Å². The van der Waals surface area contributed by atoms with Gasteiger partial charge in [-0.25, -0.2) is 18.2 Å². The molecule has 1 saturated heterocycles. The topological polar surface area (TPSA) is 87.3 Å². The summed E-state index contributed by atoms with van der Waals surface area (Å²) < 4.78 is 46.7. The van der Waals surface area contributed by atoms with E-state index in [4.69, 9.17) is 4.74 Å². The van der Waals surface area contributed by atoms with E-state index in [0.717, 1.165) is 12.3 Å². The molecular formula is C23H21F3N4O3. The number of ether oxygens (including phenoxy) is 1. The van der Waals surface area contributed by atoms with Gasteiger partial charge in [0.05, 0.1) is 24.0 Å². The van der Waals surface area contributed by atoms with Crippen molar-refractivity contribution in [3.8, 4) is 11.3 Å². The Morgan fingerprint density at radius 3 is 2.85 bits per heavy atom. The average molecular weight is 458 g/mol. The number of carbonyl (C=O) groups is 1. The predicted molar refractivity (Wildman–Crippen MR) is 117 cm³/mol. The van der Waals surface area contributed by atoms with Gasteiger partial charge in [0, 0.05) is 42.2 Å². The van der Waals surface area contributed by atoms with Crippen molar-refractivity contribution >= 4 is 17.4 Å². The molecule has 0 spiro atoms. The van der Waals surface area contributed by atoms with Crippen molar-refractivity contribution in [2.45, 2.75) is 19.5 Å². The summed E-state index contributed by atoms with van der Waals surface area (Å²) in [5.41, 5.74) is -1.12. The van der Waals surface area contributed by atoms with E-state index in [1.807, 2.05) is 17.9 Å². The molecule has 1 atom stereocenters. The van der Waals surface area contributed by atoms with Crippen LogP contribution in [0.15, 0.2) is 53.5 Å². The predicted octanol–water partition coefficient (Wildman–Crippen LogP) is 3.99. The highest BCUT2D eigenvalue weighted by Gasteiger charge is 2.21. The molecule has 1 aliphatic heterocycles. The second-order valence-electron chi connectivity index (χ2n) is 7.62. The molecule has 33 heavy (non-hydrogen) atoms. The highest BCUT2D eigenvalue weighted by Crippen LogP contribution is 2.28. The van der Waals surface area contributed by atoms with E-state index in [9.17, 15) is 22.8 Å². The molecule has 0 radical (unpaired) electrons. The Kier molecular flexibility index (Phi) is 6.45. The Balaban J connectivity index is 1.61. The first kappa shape index (κ1) is 22.5. The Morgan fingerprint density at radius 2 is 2.09 bits per heavy atom. The van der Waals surface area contributed by atoms with Crippen molar-refractivity contribution in [2.75, 3.05) is 29.9 Å². The first-order valence-corrected chi connectivity index (χ1v) is 10.3. The zero-order chi connectivity index (χ0) is 23.5. The third-order valence-electron chi connectivity index (χ3n) is 5.24. The van der Waals surface area contributed by atoms with Gasteiger partial charge in [-0.05, 0) is 37.3 Å². The minimum atomic E-state index is -3.01. The molecule has 0 aliphatic carbocycles. The number of benzene rings is 1. The number of halogens is 3. The van der Waals surface area contributed by atoms with Crippen molar-refractivity contribution < 1.29 is 22.7 Å². The van der Waals surface area contributed by atoms with Gasteiger partial charge in [0.15, 0.2) is 0 Å². The fourth-order valence-corrected chi connectivity index (χ4v) is 3.64. The molecule has 7 nitrogen and oxygen atoms in total. The van der Waals surface area contributed by atoms with Gasteiger partial charge in [-0.15, -0.1) is 0 Å². The summed E-state index contributed by atoms with van der Waals surface area (Å²) in [4.78, 5) is 32.8.